The molecule has 2 rings (SSSR count). The summed E-state index contributed by atoms with van der Waals surface area (Å²) in [5.41, 5.74) is 0.906. The Labute approximate surface area is 106 Å². The van der Waals surface area contributed by atoms with Gasteiger partial charge >= 0.3 is 5.97 Å². The molecule has 0 saturated carbocycles. The van der Waals surface area contributed by atoms with E-state index in [-0.39, 0.29) is 6.42 Å². The highest BCUT2D eigenvalue weighted by Gasteiger charge is 2.07. The molecule has 1 N–H and O–H groups in total. The number of aryl methyl sites for hydroxylation is 1. The number of carboxylic acids is 1. The number of aliphatic carboxylic acids is 1. The number of thiazole rings is 1. The summed E-state index contributed by atoms with van der Waals surface area (Å²) >= 11 is 12.6. The van der Waals surface area contributed by atoms with Crippen LogP contribution in [0.5, 0.6) is 0 Å². The van der Waals surface area contributed by atoms with Gasteiger partial charge in [-0.25, -0.2) is 0 Å². The van der Waals surface area contributed by atoms with Crippen molar-refractivity contribution in [3.63, 3.8) is 0 Å². The van der Waals surface area contributed by atoms with Gasteiger partial charge < -0.3 is 9.67 Å². The van der Waals surface area contributed by atoms with E-state index in [1.807, 2.05) is 16.7 Å². The SMILES string of the molecule is O=C(O)CCn1c(=S)sc2ccc(Cl)cc21. The highest BCUT2D eigenvalue weighted by molar-refractivity contribution is 7.73. The summed E-state index contributed by atoms with van der Waals surface area (Å²) in [6, 6.07) is 5.51. The first-order valence-corrected chi connectivity index (χ1v) is 6.19. The molecule has 0 fully saturated rings. The monoisotopic (exact) mass is 273 g/mol. The highest BCUT2D eigenvalue weighted by Crippen LogP contribution is 2.26. The number of nitrogens with zero attached hydrogens (tertiary/aromatic N) is 1. The smallest absolute Gasteiger partial charge is 0.305 e. The predicted octanol–water partition coefficient (Wildman–Crippen LogP) is 3.56. The maximum atomic E-state index is 10.5. The van der Waals surface area contributed by atoms with Gasteiger partial charge in [0.25, 0.3) is 0 Å². The first kappa shape index (κ1) is 11.6. The largest absolute Gasteiger partial charge is 0.481 e. The average Bonchev–Trinajstić information content (AvgIpc) is 2.51. The van der Waals surface area contributed by atoms with Gasteiger partial charge in [-0.05, 0) is 30.4 Å². The Bertz CT molecular complexity index is 602. The molecule has 6 heteroatoms. The molecule has 0 aliphatic heterocycles. The van der Waals surface area contributed by atoms with Gasteiger partial charge in [-0.1, -0.05) is 11.6 Å². The number of benzene rings is 1. The third-order valence-electron chi connectivity index (χ3n) is 2.18. The number of fused-ring (bicyclic) bond motifs is 1. The van der Waals surface area contributed by atoms with E-state index in [0.29, 0.717) is 15.5 Å². The van der Waals surface area contributed by atoms with E-state index >= 15 is 0 Å². The summed E-state index contributed by atoms with van der Waals surface area (Å²) in [5, 5.41) is 9.29. The van der Waals surface area contributed by atoms with E-state index < -0.39 is 5.97 Å². The van der Waals surface area contributed by atoms with Crippen LogP contribution in [0.1, 0.15) is 6.42 Å². The van der Waals surface area contributed by atoms with Crippen molar-refractivity contribution in [2.45, 2.75) is 13.0 Å². The van der Waals surface area contributed by atoms with Gasteiger partial charge in [0.15, 0.2) is 3.95 Å². The lowest BCUT2D eigenvalue weighted by atomic mass is 10.3. The van der Waals surface area contributed by atoms with Gasteiger partial charge in [0.1, 0.15) is 0 Å². The first-order chi connectivity index (χ1) is 7.58. The Morgan fingerprint density at radius 2 is 2.31 bits per heavy atom. The van der Waals surface area contributed by atoms with Crippen molar-refractivity contribution in [3.8, 4) is 0 Å². The third kappa shape index (κ3) is 2.26. The zero-order valence-electron chi connectivity index (χ0n) is 8.14. The number of aromatic nitrogens is 1. The van der Waals surface area contributed by atoms with Gasteiger partial charge in [-0.3, -0.25) is 4.79 Å². The molecule has 0 bridgehead atoms. The molecule has 0 unspecified atom stereocenters. The average molecular weight is 274 g/mol. The molecule has 16 heavy (non-hydrogen) atoms. The molecule has 2 aromatic rings. The molecule has 0 radical (unpaired) electrons. The van der Waals surface area contributed by atoms with Crippen molar-refractivity contribution in [2.75, 3.05) is 0 Å². The van der Waals surface area contributed by atoms with Gasteiger partial charge in [0.05, 0.1) is 16.6 Å². The van der Waals surface area contributed by atoms with Gasteiger partial charge in [-0.2, -0.15) is 0 Å². The van der Waals surface area contributed by atoms with E-state index in [1.165, 1.54) is 11.3 Å². The molecule has 0 amide bonds. The van der Waals surface area contributed by atoms with Crippen LogP contribution in [-0.2, 0) is 11.3 Å². The van der Waals surface area contributed by atoms with Gasteiger partial charge in [0.2, 0.25) is 0 Å². The second-order valence-corrected chi connectivity index (χ2v) is 5.39. The molecule has 1 aromatic heterocycles. The quantitative estimate of drug-likeness (QED) is 0.870. The van der Waals surface area contributed by atoms with Crippen LogP contribution in [0.2, 0.25) is 5.02 Å². The summed E-state index contributed by atoms with van der Waals surface area (Å²) in [5.74, 6) is -0.830. The topological polar surface area (TPSA) is 42.2 Å². The number of carbonyl (C=O) groups is 1. The second-order valence-electron chi connectivity index (χ2n) is 3.28. The minimum atomic E-state index is -0.830. The van der Waals surface area contributed by atoms with Crippen LogP contribution in [0.15, 0.2) is 18.2 Å². The summed E-state index contributed by atoms with van der Waals surface area (Å²) in [7, 11) is 0. The van der Waals surface area contributed by atoms with Crippen LogP contribution in [0.3, 0.4) is 0 Å². The Morgan fingerprint density at radius 1 is 1.56 bits per heavy atom. The predicted molar refractivity (Wildman–Crippen MR) is 67.9 cm³/mol. The molecular formula is C10H8ClNO2S2. The Kier molecular flexibility index (Phi) is 3.28. The summed E-state index contributed by atoms with van der Waals surface area (Å²) in [6.45, 7) is 0.383. The number of rotatable bonds is 3. The molecule has 84 valence electrons. The summed E-state index contributed by atoms with van der Waals surface area (Å²) in [4.78, 5) is 10.5. The Hall–Kier alpha value is -0.910. The van der Waals surface area contributed by atoms with Crippen molar-refractivity contribution in [1.29, 1.82) is 0 Å². The lowest BCUT2D eigenvalue weighted by molar-refractivity contribution is -0.137. The second kappa shape index (κ2) is 4.53. The lowest BCUT2D eigenvalue weighted by Gasteiger charge is -2.02. The molecule has 0 aliphatic carbocycles. The van der Waals surface area contributed by atoms with Crippen LogP contribution < -0.4 is 0 Å². The van der Waals surface area contributed by atoms with Crippen LogP contribution in [0.4, 0.5) is 0 Å². The normalized spacial score (nSPS) is 10.8. The molecule has 0 atom stereocenters. The van der Waals surface area contributed by atoms with Crippen molar-refractivity contribution in [1.82, 2.24) is 4.57 Å². The molecule has 1 heterocycles. The van der Waals surface area contributed by atoms with Crippen LogP contribution >= 0.6 is 35.2 Å². The van der Waals surface area contributed by atoms with Crippen molar-refractivity contribution in [3.05, 3.63) is 27.2 Å². The fraction of sp³-hybridized carbons (Fsp3) is 0.200. The van der Waals surface area contributed by atoms with E-state index in [1.54, 1.807) is 6.07 Å². The van der Waals surface area contributed by atoms with E-state index in [2.05, 4.69) is 0 Å². The summed E-state index contributed by atoms with van der Waals surface area (Å²) in [6.07, 6.45) is 0.0622. The fourth-order valence-electron chi connectivity index (χ4n) is 1.45. The number of halogens is 1. The Morgan fingerprint density at radius 3 is 3.00 bits per heavy atom. The molecule has 3 nitrogen and oxygen atoms in total. The van der Waals surface area contributed by atoms with E-state index in [9.17, 15) is 4.79 Å². The van der Waals surface area contributed by atoms with Crippen molar-refractivity contribution >= 4 is 51.3 Å². The molecule has 0 spiro atoms. The maximum absolute atomic E-state index is 10.5. The minimum Gasteiger partial charge on any atom is -0.481 e. The first-order valence-electron chi connectivity index (χ1n) is 4.58. The fourth-order valence-corrected chi connectivity index (χ4v) is 2.98. The van der Waals surface area contributed by atoms with E-state index in [4.69, 9.17) is 28.9 Å². The van der Waals surface area contributed by atoms with Gasteiger partial charge in [-0.15, -0.1) is 11.3 Å². The summed E-state index contributed by atoms with van der Waals surface area (Å²) < 4.78 is 3.52. The number of hydrogen-bond acceptors (Lipinski definition) is 3. The molecule has 0 saturated heterocycles. The zero-order valence-corrected chi connectivity index (χ0v) is 10.5. The zero-order chi connectivity index (χ0) is 11.7. The number of carboxylic acid groups (broad SMARTS) is 1. The lowest BCUT2D eigenvalue weighted by Crippen LogP contribution is -2.04. The maximum Gasteiger partial charge on any atom is 0.305 e. The third-order valence-corrected chi connectivity index (χ3v) is 3.84. The molecule has 1 aromatic carbocycles. The molecule has 0 aliphatic rings. The van der Waals surface area contributed by atoms with Crippen LogP contribution in [-0.4, -0.2) is 15.6 Å². The van der Waals surface area contributed by atoms with Crippen molar-refractivity contribution in [2.24, 2.45) is 0 Å². The molecular weight excluding hydrogens is 266 g/mol. The highest BCUT2D eigenvalue weighted by atomic mass is 35.5. The van der Waals surface area contributed by atoms with Crippen LogP contribution in [0.25, 0.3) is 10.2 Å². The van der Waals surface area contributed by atoms with Crippen LogP contribution in [0, 0.1) is 3.95 Å². The van der Waals surface area contributed by atoms with Gasteiger partial charge in [0, 0.05) is 11.6 Å². The van der Waals surface area contributed by atoms with Crippen molar-refractivity contribution < 1.29 is 9.90 Å². The minimum absolute atomic E-state index is 0.0622. The number of hydrogen-bond donors (Lipinski definition) is 1. The standard InChI is InChI=1S/C10H8ClNO2S2/c11-6-1-2-8-7(5-6)12(10(15)16-8)4-3-9(13)14/h1-2,5H,3-4H2,(H,13,14). The Balaban J connectivity index is 2.50. The van der Waals surface area contributed by atoms with E-state index in [0.717, 1.165) is 10.2 Å².